The molecule has 3 nitrogen and oxygen atoms in total. The van der Waals surface area contributed by atoms with Crippen molar-refractivity contribution in [2.24, 2.45) is 5.73 Å². The van der Waals surface area contributed by atoms with E-state index in [1.54, 1.807) is 25.4 Å². The molecular formula is C20H18Cl2N2O. The molecule has 0 aliphatic heterocycles. The van der Waals surface area contributed by atoms with Crippen molar-refractivity contribution in [1.82, 2.24) is 4.98 Å². The molecule has 0 fully saturated rings. The van der Waals surface area contributed by atoms with E-state index in [1.807, 2.05) is 48.7 Å². The first kappa shape index (κ1) is 17.9. The van der Waals surface area contributed by atoms with Gasteiger partial charge in [0.15, 0.2) is 0 Å². The van der Waals surface area contributed by atoms with E-state index in [9.17, 15) is 0 Å². The molecule has 0 amide bonds. The highest BCUT2D eigenvalue weighted by atomic mass is 35.5. The van der Waals surface area contributed by atoms with E-state index in [1.165, 1.54) is 0 Å². The Balaban J connectivity index is 1.86. The molecule has 0 bridgehead atoms. The number of rotatable bonds is 5. The standard InChI is InChI=1S/C20H18Cl2N2O/c1-25-20(19(23)15-8-9-17(21)18(22)11-15)14-6-4-13(5-7-14)16-3-2-10-24-12-16/h2-12,19-20H,23H2,1H3. The maximum atomic E-state index is 6.41. The number of benzene rings is 2. The Labute approximate surface area is 157 Å². The van der Waals surface area contributed by atoms with Gasteiger partial charge in [-0.1, -0.05) is 59.6 Å². The molecule has 3 aromatic rings. The second-order valence-corrected chi connectivity index (χ2v) is 6.53. The number of hydrogen-bond acceptors (Lipinski definition) is 3. The van der Waals surface area contributed by atoms with Crippen LogP contribution in [0.3, 0.4) is 0 Å². The molecule has 1 aromatic heterocycles. The third-order valence-electron chi connectivity index (χ3n) is 4.14. The topological polar surface area (TPSA) is 48.1 Å². The summed E-state index contributed by atoms with van der Waals surface area (Å²) in [5.74, 6) is 0. The van der Waals surface area contributed by atoms with E-state index in [-0.39, 0.29) is 12.1 Å². The van der Waals surface area contributed by atoms with E-state index in [2.05, 4.69) is 4.98 Å². The zero-order valence-electron chi connectivity index (χ0n) is 13.7. The van der Waals surface area contributed by atoms with Gasteiger partial charge in [0.2, 0.25) is 0 Å². The van der Waals surface area contributed by atoms with Gasteiger partial charge in [0, 0.05) is 19.5 Å². The summed E-state index contributed by atoms with van der Waals surface area (Å²) in [4.78, 5) is 4.15. The Hall–Kier alpha value is -1.91. The monoisotopic (exact) mass is 372 g/mol. The van der Waals surface area contributed by atoms with Crippen LogP contribution in [0.15, 0.2) is 67.0 Å². The van der Waals surface area contributed by atoms with Gasteiger partial charge in [-0.25, -0.2) is 0 Å². The number of nitrogens with two attached hydrogens (primary N) is 1. The number of pyridine rings is 1. The van der Waals surface area contributed by atoms with Crippen LogP contribution >= 0.6 is 23.2 Å². The summed E-state index contributed by atoms with van der Waals surface area (Å²) in [6, 6.07) is 17.1. The van der Waals surface area contributed by atoms with Gasteiger partial charge in [0.1, 0.15) is 6.10 Å². The minimum Gasteiger partial charge on any atom is -0.375 e. The van der Waals surface area contributed by atoms with Crippen LogP contribution in [-0.2, 0) is 4.74 Å². The van der Waals surface area contributed by atoms with E-state index in [0.717, 1.165) is 22.3 Å². The molecular weight excluding hydrogens is 355 g/mol. The first-order chi connectivity index (χ1) is 12.1. The molecule has 2 atom stereocenters. The lowest BCUT2D eigenvalue weighted by molar-refractivity contribution is 0.0802. The number of methoxy groups -OCH3 is 1. The van der Waals surface area contributed by atoms with Crippen molar-refractivity contribution < 1.29 is 4.74 Å². The molecule has 2 aromatic carbocycles. The van der Waals surface area contributed by atoms with Crippen LogP contribution in [0.25, 0.3) is 11.1 Å². The van der Waals surface area contributed by atoms with Gasteiger partial charge >= 0.3 is 0 Å². The summed E-state index contributed by atoms with van der Waals surface area (Å²) in [5, 5.41) is 0.990. The van der Waals surface area contributed by atoms with Crippen molar-refractivity contribution in [3.05, 3.63) is 88.2 Å². The zero-order chi connectivity index (χ0) is 17.8. The summed E-state index contributed by atoms with van der Waals surface area (Å²) in [5.41, 5.74) is 10.4. The van der Waals surface area contributed by atoms with Crippen LogP contribution in [0, 0.1) is 0 Å². The molecule has 2 N–H and O–H groups in total. The molecule has 25 heavy (non-hydrogen) atoms. The van der Waals surface area contributed by atoms with Gasteiger partial charge in [-0.3, -0.25) is 4.98 Å². The van der Waals surface area contributed by atoms with Gasteiger partial charge in [0.25, 0.3) is 0 Å². The zero-order valence-corrected chi connectivity index (χ0v) is 15.2. The van der Waals surface area contributed by atoms with Crippen LogP contribution in [0.4, 0.5) is 0 Å². The van der Waals surface area contributed by atoms with Crippen molar-refractivity contribution >= 4 is 23.2 Å². The first-order valence-electron chi connectivity index (χ1n) is 7.84. The molecule has 2 unspecified atom stereocenters. The summed E-state index contributed by atoms with van der Waals surface area (Å²) >= 11 is 12.1. The minimum atomic E-state index is -0.357. The van der Waals surface area contributed by atoms with Crippen molar-refractivity contribution in [3.8, 4) is 11.1 Å². The van der Waals surface area contributed by atoms with Crippen molar-refractivity contribution in [2.75, 3.05) is 7.11 Å². The smallest absolute Gasteiger partial charge is 0.101 e. The highest BCUT2D eigenvalue weighted by molar-refractivity contribution is 6.42. The predicted molar refractivity (Wildman–Crippen MR) is 103 cm³/mol. The molecule has 0 aliphatic carbocycles. The lowest BCUT2D eigenvalue weighted by atomic mass is 9.95. The number of aromatic nitrogens is 1. The van der Waals surface area contributed by atoms with Gasteiger partial charge in [-0.05, 0) is 40.5 Å². The normalized spacial score (nSPS) is 13.4. The fraction of sp³-hybridized carbons (Fsp3) is 0.150. The van der Waals surface area contributed by atoms with E-state index in [4.69, 9.17) is 33.7 Å². The number of halogens is 2. The largest absolute Gasteiger partial charge is 0.375 e. The lowest BCUT2D eigenvalue weighted by Gasteiger charge is -2.24. The molecule has 0 saturated carbocycles. The Bertz CT molecular complexity index is 838. The third kappa shape index (κ3) is 4.02. The van der Waals surface area contributed by atoms with Crippen LogP contribution in [0.5, 0.6) is 0 Å². The summed E-state index contributed by atoms with van der Waals surface area (Å²) < 4.78 is 5.65. The maximum absolute atomic E-state index is 6.41. The van der Waals surface area contributed by atoms with Crippen LogP contribution in [0.1, 0.15) is 23.3 Å². The SMILES string of the molecule is COC(c1ccc(-c2cccnc2)cc1)C(N)c1ccc(Cl)c(Cl)c1. The van der Waals surface area contributed by atoms with Crippen LogP contribution in [0.2, 0.25) is 10.0 Å². The Morgan fingerprint density at radius 3 is 2.24 bits per heavy atom. The third-order valence-corrected chi connectivity index (χ3v) is 4.88. The second-order valence-electron chi connectivity index (χ2n) is 5.72. The van der Waals surface area contributed by atoms with Crippen molar-refractivity contribution in [2.45, 2.75) is 12.1 Å². The molecule has 3 rings (SSSR count). The van der Waals surface area contributed by atoms with Gasteiger partial charge < -0.3 is 10.5 Å². The fourth-order valence-electron chi connectivity index (χ4n) is 2.78. The van der Waals surface area contributed by atoms with Gasteiger partial charge in [-0.15, -0.1) is 0 Å². The van der Waals surface area contributed by atoms with Crippen LogP contribution < -0.4 is 5.73 Å². The predicted octanol–water partition coefficient (Wildman–Crippen LogP) is 5.44. The maximum Gasteiger partial charge on any atom is 0.101 e. The molecule has 128 valence electrons. The number of hydrogen-bond donors (Lipinski definition) is 1. The lowest BCUT2D eigenvalue weighted by Crippen LogP contribution is -2.21. The highest BCUT2D eigenvalue weighted by Crippen LogP contribution is 2.33. The summed E-state index contributed by atoms with van der Waals surface area (Å²) in [6.07, 6.45) is 3.31. The van der Waals surface area contributed by atoms with Gasteiger partial charge in [-0.2, -0.15) is 0 Å². The Morgan fingerprint density at radius 1 is 0.920 bits per heavy atom. The Kier molecular flexibility index (Phi) is 5.71. The molecule has 0 aliphatic rings. The summed E-state index contributed by atoms with van der Waals surface area (Å²) in [6.45, 7) is 0. The van der Waals surface area contributed by atoms with E-state index >= 15 is 0 Å². The Morgan fingerprint density at radius 2 is 1.64 bits per heavy atom. The van der Waals surface area contributed by atoms with Crippen LogP contribution in [-0.4, -0.2) is 12.1 Å². The van der Waals surface area contributed by atoms with Crippen molar-refractivity contribution in [3.63, 3.8) is 0 Å². The molecule has 0 spiro atoms. The molecule has 1 heterocycles. The average Bonchev–Trinajstić information content (AvgIpc) is 2.66. The van der Waals surface area contributed by atoms with Crippen molar-refractivity contribution in [1.29, 1.82) is 0 Å². The molecule has 0 radical (unpaired) electrons. The number of ether oxygens (including phenoxy) is 1. The molecule has 0 saturated heterocycles. The fourth-order valence-corrected chi connectivity index (χ4v) is 3.09. The first-order valence-corrected chi connectivity index (χ1v) is 8.59. The second kappa shape index (κ2) is 7.98. The number of nitrogens with zero attached hydrogens (tertiary/aromatic N) is 1. The minimum absolute atomic E-state index is 0.291. The van der Waals surface area contributed by atoms with E-state index in [0.29, 0.717) is 10.0 Å². The van der Waals surface area contributed by atoms with Gasteiger partial charge in [0.05, 0.1) is 16.1 Å². The summed E-state index contributed by atoms with van der Waals surface area (Å²) in [7, 11) is 1.65. The molecule has 5 heteroatoms. The van der Waals surface area contributed by atoms with E-state index < -0.39 is 0 Å². The highest BCUT2D eigenvalue weighted by Gasteiger charge is 2.22. The average molecular weight is 373 g/mol. The quantitative estimate of drug-likeness (QED) is 0.648.